The Morgan fingerprint density at radius 2 is 1.87 bits per heavy atom. The molecule has 0 saturated carbocycles. The molecule has 0 unspecified atom stereocenters. The molecule has 0 bridgehead atoms. The summed E-state index contributed by atoms with van der Waals surface area (Å²) in [5.74, 6) is 0.0589. The molecule has 2 aromatic rings. The van der Waals surface area contributed by atoms with Gasteiger partial charge in [-0.25, -0.2) is 4.39 Å². The van der Waals surface area contributed by atoms with Gasteiger partial charge < -0.3 is 15.4 Å². The summed E-state index contributed by atoms with van der Waals surface area (Å²) in [4.78, 5) is 11.9. The van der Waals surface area contributed by atoms with Crippen LogP contribution in [0.4, 0.5) is 15.8 Å². The zero-order valence-corrected chi connectivity index (χ0v) is 13.5. The number of hydrogen-bond acceptors (Lipinski definition) is 3. The number of hydrogen-bond donors (Lipinski definition) is 2. The molecule has 4 nitrogen and oxygen atoms in total. The largest absolute Gasteiger partial charge is 0.494 e. The van der Waals surface area contributed by atoms with Crippen molar-refractivity contribution >= 4 is 28.9 Å². The van der Waals surface area contributed by atoms with Gasteiger partial charge in [0, 0.05) is 11.4 Å². The van der Waals surface area contributed by atoms with Gasteiger partial charge in [-0.15, -0.1) is 0 Å². The van der Waals surface area contributed by atoms with Gasteiger partial charge in [0.1, 0.15) is 11.6 Å². The van der Waals surface area contributed by atoms with E-state index in [1.54, 1.807) is 24.3 Å². The summed E-state index contributed by atoms with van der Waals surface area (Å²) in [6.07, 6.45) is 0.942. The molecular weight excluding hydrogens is 319 g/mol. The molecule has 0 radical (unpaired) electrons. The fraction of sp³-hybridized carbons (Fsp3) is 0.235. The molecule has 122 valence electrons. The van der Waals surface area contributed by atoms with Crippen LogP contribution in [0.1, 0.15) is 13.3 Å². The van der Waals surface area contributed by atoms with E-state index in [0.717, 1.165) is 12.2 Å². The molecule has 0 aliphatic carbocycles. The molecule has 0 spiro atoms. The Labute approximate surface area is 139 Å². The summed E-state index contributed by atoms with van der Waals surface area (Å²) >= 11 is 5.68. The van der Waals surface area contributed by atoms with E-state index in [1.807, 2.05) is 6.92 Å². The first-order chi connectivity index (χ1) is 11.1. The number of rotatable bonds is 7. The highest BCUT2D eigenvalue weighted by atomic mass is 35.5. The van der Waals surface area contributed by atoms with Gasteiger partial charge >= 0.3 is 0 Å². The lowest BCUT2D eigenvalue weighted by molar-refractivity contribution is -0.114. The third-order valence-corrected chi connectivity index (χ3v) is 3.27. The molecule has 2 N–H and O–H groups in total. The Hall–Kier alpha value is -2.27. The predicted octanol–water partition coefficient (Wildman–Crippen LogP) is 4.32. The van der Waals surface area contributed by atoms with Gasteiger partial charge in [-0.3, -0.25) is 4.79 Å². The first-order valence-electron chi connectivity index (χ1n) is 7.30. The zero-order chi connectivity index (χ0) is 16.7. The average Bonchev–Trinajstić information content (AvgIpc) is 2.55. The average molecular weight is 337 g/mol. The van der Waals surface area contributed by atoms with Crippen LogP contribution in [0.3, 0.4) is 0 Å². The molecule has 0 fully saturated rings. The lowest BCUT2D eigenvalue weighted by Gasteiger charge is -2.09. The molecule has 0 aliphatic heterocycles. The van der Waals surface area contributed by atoms with Gasteiger partial charge in [0.2, 0.25) is 5.91 Å². The molecule has 2 rings (SSSR count). The third kappa shape index (κ3) is 5.45. The van der Waals surface area contributed by atoms with E-state index >= 15 is 0 Å². The van der Waals surface area contributed by atoms with Crippen LogP contribution in [0, 0.1) is 5.82 Å². The van der Waals surface area contributed by atoms with Gasteiger partial charge in [-0.05, 0) is 48.9 Å². The predicted molar refractivity (Wildman–Crippen MR) is 90.8 cm³/mol. The normalized spacial score (nSPS) is 10.2. The van der Waals surface area contributed by atoms with Crippen molar-refractivity contribution in [3.05, 3.63) is 53.3 Å². The van der Waals surface area contributed by atoms with E-state index in [0.29, 0.717) is 18.0 Å². The quantitative estimate of drug-likeness (QED) is 0.791. The molecule has 0 atom stereocenters. The molecule has 0 aliphatic rings. The summed E-state index contributed by atoms with van der Waals surface area (Å²) in [7, 11) is 0. The summed E-state index contributed by atoms with van der Waals surface area (Å²) in [6.45, 7) is 2.75. The van der Waals surface area contributed by atoms with Crippen LogP contribution in [-0.4, -0.2) is 19.1 Å². The van der Waals surface area contributed by atoms with Gasteiger partial charge in [0.15, 0.2) is 0 Å². The number of ether oxygens (including phenoxy) is 1. The number of carbonyl (C=O) groups excluding carboxylic acids is 1. The van der Waals surface area contributed by atoms with E-state index in [2.05, 4.69) is 10.6 Å². The van der Waals surface area contributed by atoms with Crippen molar-refractivity contribution in [3.63, 3.8) is 0 Å². The van der Waals surface area contributed by atoms with Crippen LogP contribution in [0.5, 0.6) is 5.75 Å². The highest BCUT2D eigenvalue weighted by Gasteiger charge is 2.05. The number of carbonyl (C=O) groups is 1. The van der Waals surface area contributed by atoms with Gasteiger partial charge in [0.25, 0.3) is 0 Å². The van der Waals surface area contributed by atoms with E-state index in [-0.39, 0.29) is 17.5 Å². The zero-order valence-electron chi connectivity index (χ0n) is 12.7. The van der Waals surface area contributed by atoms with Crippen LogP contribution in [0.15, 0.2) is 42.5 Å². The van der Waals surface area contributed by atoms with Crippen molar-refractivity contribution in [2.75, 3.05) is 23.8 Å². The second kappa shape index (κ2) is 8.39. The fourth-order valence-electron chi connectivity index (χ4n) is 1.85. The van der Waals surface area contributed by atoms with E-state index < -0.39 is 5.82 Å². The van der Waals surface area contributed by atoms with Gasteiger partial charge in [0.05, 0.1) is 18.2 Å². The van der Waals surface area contributed by atoms with Crippen LogP contribution >= 0.6 is 11.6 Å². The first-order valence-corrected chi connectivity index (χ1v) is 7.68. The summed E-state index contributed by atoms with van der Waals surface area (Å²) < 4.78 is 18.5. The van der Waals surface area contributed by atoms with E-state index in [1.165, 1.54) is 18.2 Å². The minimum Gasteiger partial charge on any atom is -0.494 e. The maximum Gasteiger partial charge on any atom is 0.243 e. The summed E-state index contributed by atoms with van der Waals surface area (Å²) in [5.41, 5.74) is 1.26. The molecule has 1 amide bonds. The number of nitrogens with one attached hydrogen (secondary N) is 2. The minimum atomic E-state index is -0.493. The standard InChI is InChI=1S/C17H18ClFN2O2/c1-2-9-23-14-6-3-12(4-7-14)21-17(22)11-20-13-5-8-16(19)15(18)10-13/h3-8,10,20H,2,9,11H2,1H3,(H,21,22). The Kier molecular flexibility index (Phi) is 6.23. The van der Waals surface area contributed by atoms with Crippen molar-refractivity contribution < 1.29 is 13.9 Å². The second-order valence-electron chi connectivity index (χ2n) is 4.90. The van der Waals surface area contributed by atoms with Crippen LogP contribution in [0.25, 0.3) is 0 Å². The molecular formula is C17H18ClFN2O2. The number of benzene rings is 2. The number of anilines is 2. The summed E-state index contributed by atoms with van der Waals surface area (Å²) in [6, 6.07) is 11.4. The lowest BCUT2D eigenvalue weighted by atomic mass is 10.3. The highest BCUT2D eigenvalue weighted by molar-refractivity contribution is 6.31. The van der Waals surface area contributed by atoms with Crippen LogP contribution in [0.2, 0.25) is 5.02 Å². The molecule has 23 heavy (non-hydrogen) atoms. The van der Waals surface area contributed by atoms with Crippen molar-refractivity contribution in [1.82, 2.24) is 0 Å². The topological polar surface area (TPSA) is 50.4 Å². The molecule has 6 heteroatoms. The Bertz CT molecular complexity index is 662. The lowest BCUT2D eigenvalue weighted by Crippen LogP contribution is -2.21. The Morgan fingerprint density at radius 1 is 1.17 bits per heavy atom. The summed E-state index contributed by atoms with van der Waals surface area (Å²) in [5, 5.41) is 5.65. The van der Waals surface area contributed by atoms with Crippen molar-refractivity contribution in [3.8, 4) is 5.75 Å². The molecule has 2 aromatic carbocycles. The monoisotopic (exact) mass is 336 g/mol. The van der Waals surface area contributed by atoms with Gasteiger partial charge in [-0.1, -0.05) is 18.5 Å². The van der Waals surface area contributed by atoms with E-state index in [4.69, 9.17) is 16.3 Å². The number of amides is 1. The fourth-order valence-corrected chi connectivity index (χ4v) is 2.03. The van der Waals surface area contributed by atoms with Crippen LogP contribution in [-0.2, 0) is 4.79 Å². The SMILES string of the molecule is CCCOc1ccc(NC(=O)CNc2ccc(F)c(Cl)c2)cc1. The second-order valence-corrected chi connectivity index (χ2v) is 5.31. The van der Waals surface area contributed by atoms with Gasteiger partial charge in [-0.2, -0.15) is 0 Å². The van der Waals surface area contributed by atoms with Crippen LogP contribution < -0.4 is 15.4 Å². The Balaban J connectivity index is 1.83. The molecule has 0 heterocycles. The highest BCUT2D eigenvalue weighted by Crippen LogP contribution is 2.19. The first kappa shape index (κ1) is 17.1. The maximum atomic E-state index is 13.0. The number of halogens is 2. The van der Waals surface area contributed by atoms with Crippen molar-refractivity contribution in [1.29, 1.82) is 0 Å². The third-order valence-electron chi connectivity index (χ3n) is 2.98. The van der Waals surface area contributed by atoms with Crippen molar-refractivity contribution in [2.45, 2.75) is 13.3 Å². The molecule has 0 saturated heterocycles. The molecule has 0 aromatic heterocycles. The Morgan fingerprint density at radius 3 is 2.52 bits per heavy atom. The van der Waals surface area contributed by atoms with Crippen molar-refractivity contribution in [2.24, 2.45) is 0 Å². The maximum absolute atomic E-state index is 13.0. The minimum absolute atomic E-state index is 0.0121. The smallest absolute Gasteiger partial charge is 0.243 e. The van der Waals surface area contributed by atoms with E-state index in [9.17, 15) is 9.18 Å².